The molecule has 0 saturated heterocycles. The Morgan fingerprint density at radius 2 is 2.00 bits per heavy atom. The molecular weight excluding hydrogens is 459 g/mol. The summed E-state index contributed by atoms with van der Waals surface area (Å²) in [5, 5.41) is 3.42. The van der Waals surface area contributed by atoms with E-state index in [1.807, 2.05) is 40.9 Å². The maximum absolute atomic E-state index is 14.9. The fourth-order valence-corrected chi connectivity index (χ4v) is 5.58. The van der Waals surface area contributed by atoms with Gasteiger partial charge in [-0.2, -0.15) is 0 Å². The molecule has 2 aromatic heterocycles. The van der Waals surface area contributed by atoms with Gasteiger partial charge in [0.1, 0.15) is 5.82 Å². The summed E-state index contributed by atoms with van der Waals surface area (Å²) in [7, 11) is 0. The van der Waals surface area contributed by atoms with Gasteiger partial charge in [-0.05, 0) is 81.2 Å². The first kappa shape index (κ1) is 24.1. The molecule has 1 N–H and O–H groups in total. The predicted molar refractivity (Wildman–Crippen MR) is 142 cm³/mol. The van der Waals surface area contributed by atoms with E-state index in [1.54, 1.807) is 6.07 Å². The van der Waals surface area contributed by atoms with Crippen molar-refractivity contribution in [2.45, 2.75) is 58.5 Å². The molecule has 0 atom stereocenters. The van der Waals surface area contributed by atoms with Crippen LogP contribution in [-0.2, 0) is 6.54 Å². The van der Waals surface area contributed by atoms with Crippen molar-refractivity contribution in [2.24, 2.45) is 0 Å². The van der Waals surface area contributed by atoms with Crippen LogP contribution in [0.4, 0.5) is 4.39 Å². The van der Waals surface area contributed by atoms with Gasteiger partial charge < -0.3 is 10.2 Å². The first-order chi connectivity index (χ1) is 17.1. The number of fused-ring (bicyclic) bond motifs is 3. The molecule has 1 aliphatic rings. The van der Waals surface area contributed by atoms with Gasteiger partial charge >= 0.3 is 0 Å². The van der Waals surface area contributed by atoms with Crippen LogP contribution in [0.2, 0.25) is 0 Å². The number of carbonyl (C=O) groups excluding carboxylic acids is 1. The Morgan fingerprint density at radius 1 is 1.17 bits per heavy atom. The SMILES string of the molecule is CCN(CC)CCCCC(=O)c1ccc2c(c1)sc1nc(-c3ccc(CNC4CC4)cc3F)cn12. The van der Waals surface area contributed by atoms with Crippen molar-refractivity contribution in [3.05, 3.63) is 59.5 Å². The molecule has 0 aliphatic heterocycles. The highest BCUT2D eigenvalue weighted by molar-refractivity contribution is 7.23. The Morgan fingerprint density at radius 3 is 2.74 bits per heavy atom. The van der Waals surface area contributed by atoms with E-state index in [0.29, 0.717) is 30.3 Å². The van der Waals surface area contributed by atoms with Crippen molar-refractivity contribution in [3.63, 3.8) is 0 Å². The Balaban J connectivity index is 1.28. The number of nitrogens with zero attached hydrogens (tertiary/aromatic N) is 3. The second-order valence-corrected chi connectivity index (χ2v) is 10.4. The van der Waals surface area contributed by atoms with Gasteiger partial charge in [-0.1, -0.05) is 31.3 Å². The largest absolute Gasteiger partial charge is 0.310 e. The molecular formula is C28H33FN4OS. The predicted octanol–water partition coefficient (Wildman–Crippen LogP) is 6.30. The number of unbranched alkanes of at least 4 members (excludes halogenated alkanes) is 1. The monoisotopic (exact) mass is 492 g/mol. The third-order valence-corrected chi connectivity index (χ3v) is 7.94. The number of ketones is 1. The Kier molecular flexibility index (Phi) is 7.27. The number of hydrogen-bond donors (Lipinski definition) is 1. The van der Waals surface area contributed by atoms with E-state index in [0.717, 1.165) is 58.8 Å². The molecule has 0 spiro atoms. The van der Waals surface area contributed by atoms with Crippen molar-refractivity contribution in [1.82, 2.24) is 19.6 Å². The van der Waals surface area contributed by atoms with Gasteiger partial charge in [-0.3, -0.25) is 9.20 Å². The number of thiazole rings is 1. The average molecular weight is 493 g/mol. The smallest absolute Gasteiger partial charge is 0.195 e. The van der Waals surface area contributed by atoms with E-state index in [2.05, 4.69) is 24.1 Å². The highest BCUT2D eigenvalue weighted by Crippen LogP contribution is 2.31. The third-order valence-electron chi connectivity index (χ3n) is 6.92. The van der Waals surface area contributed by atoms with E-state index in [4.69, 9.17) is 4.98 Å². The van der Waals surface area contributed by atoms with Crippen molar-refractivity contribution < 1.29 is 9.18 Å². The summed E-state index contributed by atoms with van der Waals surface area (Å²) < 4.78 is 17.9. The van der Waals surface area contributed by atoms with Gasteiger partial charge in [0.2, 0.25) is 0 Å². The summed E-state index contributed by atoms with van der Waals surface area (Å²) in [6, 6.07) is 11.9. The molecule has 0 unspecified atom stereocenters. The lowest BCUT2D eigenvalue weighted by Gasteiger charge is -2.17. The summed E-state index contributed by atoms with van der Waals surface area (Å²) in [4.78, 5) is 20.6. The number of aromatic nitrogens is 2. The number of rotatable bonds is 12. The van der Waals surface area contributed by atoms with Crippen LogP contribution >= 0.6 is 11.3 Å². The lowest BCUT2D eigenvalue weighted by atomic mass is 10.1. The number of carbonyl (C=O) groups is 1. The van der Waals surface area contributed by atoms with Gasteiger partial charge in [0.25, 0.3) is 0 Å². The molecule has 5 nitrogen and oxygen atoms in total. The standard InChI is InChI=1S/C28H33FN4OS/c1-3-32(4-2)14-6-5-7-26(34)20-9-13-25-27(16-20)35-28-31-24(18-33(25)28)22-12-8-19(15-23(22)29)17-30-21-10-11-21/h8-9,12-13,15-16,18,21,30H,3-7,10-11,14,17H2,1-2H3. The first-order valence-electron chi connectivity index (χ1n) is 12.7. The number of nitrogens with one attached hydrogen (secondary N) is 1. The van der Waals surface area contributed by atoms with E-state index >= 15 is 0 Å². The quantitative estimate of drug-likeness (QED) is 0.186. The molecule has 1 saturated carbocycles. The number of benzene rings is 2. The third kappa shape index (κ3) is 5.47. The van der Waals surface area contributed by atoms with E-state index in [-0.39, 0.29) is 11.6 Å². The molecule has 1 aliphatic carbocycles. The topological polar surface area (TPSA) is 49.6 Å². The zero-order valence-corrected chi connectivity index (χ0v) is 21.3. The normalized spacial score (nSPS) is 13.9. The first-order valence-corrected chi connectivity index (χ1v) is 13.6. The van der Waals surface area contributed by atoms with Crippen LogP contribution in [0.25, 0.3) is 26.4 Å². The van der Waals surface area contributed by atoms with Crippen LogP contribution in [0, 0.1) is 5.82 Å². The minimum atomic E-state index is -0.246. The molecule has 0 radical (unpaired) electrons. The molecule has 5 rings (SSSR count). The van der Waals surface area contributed by atoms with Crippen LogP contribution in [0.1, 0.15) is 61.9 Å². The van der Waals surface area contributed by atoms with Crippen LogP contribution in [-0.4, -0.2) is 45.7 Å². The molecule has 4 aromatic rings. The molecule has 184 valence electrons. The number of imidazole rings is 1. The summed E-state index contributed by atoms with van der Waals surface area (Å²) in [6.07, 6.45) is 6.85. The van der Waals surface area contributed by atoms with Gasteiger partial charge in [0.05, 0.1) is 15.9 Å². The van der Waals surface area contributed by atoms with E-state index in [1.165, 1.54) is 24.2 Å². The van der Waals surface area contributed by atoms with Crippen molar-refractivity contribution in [2.75, 3.05) is 19.6 Å². The maximum Gasteiger partial charge on any atom is 0.195 e. The molecule has 2 heterocycles. The maximum atomic E-state index is 14.9. The average Bonchev–Trinajstić information content (AvgIpc) is 3.51. The molecule has 2 aromatic carbocycles. The van der Waals surface area contributed by atoms with E-state index in [9.17, 15) is 9.18 Å². The van der Waals surface area contributed by atoms with Gasteiger partial charge in [0, 0.05) is 36.3 Å². The number of hydrogen-bond acceptors (Lipinski definition) is 5. The summed E-state index contributed by atoms with van der Waals surface area (Å²) in [5.74, 6) is -0.0551. The zero-order valence-electron chi connectivity index (χ0n) is 20.5. The summed E-state index contributed by atoms with van der Waals surface area (Å²) >= 11 is 1.53. The number of Topliss-reactive ketones (excluding diaryl/α,β-unsaturated/α-hetero) is 1. The minimum Gasteiger partial charge on any atom is -0.310 e. The molecule has 0 bridgehead atoms. The second kappa shape index (κ2) is 10.6. The zero-order chi connectivity index (χ0) is 24.4. The highest BCUT2D eigenvalue weighted by atomic mass is 32.1. The molecule has 7 heteroatoms. The fraction of sp³-hybridized carbons (Fsp3) is 0.429. The lowest BCUT2D eigenvalue weighted by molar-refractivity contribution is 0.0978. The highest BCUT2D eigenvalue weighted by Gasteiger charge is 2.20. The van der Waals surface area contributed by atoms with E-state index < -0.39 is 0 Å². The van der Waals surface area contributed by atoms with Crippen LogP contribution in [0.3, 0.4) is 0 Å². The van der Waals surface area contributed by atoms with Gasteiger partial charge in [-0.25, -0.2) is 9.37 Å². The molecule has 35 heavy (non-hydrogen) atoms. The Labute approximate surface area is 210 Å². The minimum absolute atomic E-state index is 0.191. The van der Waals surface area contributed by atoms with Crippen LogP contribution < -0.4 is 5.32 Å². The number of halogens is 1. The van der Waals surface area contributed by atoms with Gasteiger partial charge in [-0.15, -0.1) is 0 Å². The van der Waals surface area contributed by atoms with Crippen molar-refractivity contribution in [1.29, 1.82) is 0 Å². The van der Waals surface area contributed by atoms with Crippen molar-refractivity contribution >= 4 is 32.3 Å². The fourth-order valence-electron chi connectivity index (χ4n) is 4.54. The summed E-state index contributed by atoms with van der Waals surface area (Å²) in [5.41, 5.74) is 3.85. The second-order valence-electron chi connectivity index (χ2n) is 9.44. The summed E-state index contributed by atoms with van der Waals surface area (Å²) in [6.45, 7) is 8.20. The molecule has 1 fully saturated rings. The lowest BCUT2D eigenvalue weighted by Crippen LogP contribution is -2.24. The van der Waals surface area contributed by atoms with Crippen LogP contribution in [0.5, 0.6) is 0 Å². The molecule has 0 amide bonds. The van der Waals surface area contributed by atoms with Gasteiger partial charge in [0.15, 0.2) is 10.7 Å². The van der Waals surface area contributed by atoms with Crippen molar-refractivity contribution in [3.8, 4) is 11.3 Å². The Bertz CT molecular complexity index is 1340. The Hall–Kier alpha value is -2.61. The van der Waals surface area contributed by atoms with Crippen LogP contribution in [0.15, 0.2) is 42.6 Å².